The van der Waals surface area contributed by atoms with Crippen LogP contribution in [0.1, 0.15) is 19.8 Å². The van der Waals surface area contributed by atoms with Gasteiger partial charge in [-0.05, 0) is 12.8 Å². The number of carboxylic acid groups (broad SMARTS) is 1. The maximum Gasteiger partial charge on any atom is 0.306 e. The Balaban J connectivity index is 1.79. The molecule has 1 amide bonds. The predicted molar refractivity (Wildman–Crippen MR) is 55.8 cm³/mol. The third kappa shape index (κ3) is 2.04. The quantitative estimate of drug-likeness (QED) is 0.755. The van der Waals surface area contributed by atoms with Gasteiger partial charge < -0.3 is 14.7 Å². The number of rotatable bonds is 3. The molecular weight excluding hydrogens is 210 g/mol. The lowest BCUT2D eigenvalue weighted by Crippen LogP contribution is -2.56. The Bertz CT molecular complexity index is 292. The fourth-order valence-electron chi connectivity index (χ4n) is 2.19. The zero-order chi connectivity index (χ0) is 11.7. The van der Waals surface area contributed by atoms with E-state index < -0.39 is 5.97 Å². The average molecular weight is 227 g/mol. The van der Waals surface area contributed by atoms with Crippen LogP contribution in [0.2, 0.25) is 0 Å². The van der Waals surface area contributed by atoms with Gasteiger partial charge in [-0.1, -0.05) is 6.92 Å². The van der Waals surface area contributed by atoms with Gasteiger partial charge in [0.1, 0.15) is 6.10 Å². The number of likely N-dealkylation sites (tertiary alicyclic amines) is 1. The molecule has 0 radical (unpaired) electrons. The number of carboxylic acids is 1. The lowest BCUT2D eigenvalue weighted by atomic mass is 9.86. The lowest BCUT2D eigenvalue weighted by molar-refractivity contribution is -0.155. The van der Waals surface area contributed by atoms with E-state index in [1.807, 2.05) is 0 Å². The van der Waals surface area contributed by atoms with Crippen molar-refractivity contribution in [1.29, 1.82) is 0 Å². The Morgan fingerprint density at radius 2 is 2.12 bits per heavy atom. The molecule has 5 nitrogen and oxygen atoms in total. The van der Waals surface area contributed by atoms with Gasteiger partial charge in [0, 0.05) is 25.6 Å². The fraction of sp³-hybridized carbons (Fsp3) is 0.818. The number of amides is 1. The minimum atomic E-state index is -0.783. The van der Waals surface area contributed by atoms with Crippen LogP contribution >= 0.6 is 0 Å². The molecule has 0 saturated carbocycles. The van der Waals surface area contributed by atoms with E-state index in [0.717, 1.165) is 12.8 Å². The average Bonchev–Trinajstić information content (AvgIpc) is 2.67. The molecular formula is C11H17NO4. The molecule has 0 spiro atoms. The first-order valence-corrected chi connectivity index (χ1v) is 5.73. The Morgan fingerprint density at radius 3 is 2.62 bits per heavy atom. The van der Waals surface area contributed by atoms with Gasteiger partial charge in [-0.2, -0.15) is 0 Å². The van der Waals surface area contributed by atoms with Crippen molar-refractivity contribution in [3.8, 4) is 0 Å². The van der Waals surface area contributed by atoms with Gasteiger partial charge in [0.2, 0.25) is 0 Å². The van der Waals surface area contributed by atoms with Crippen LogP contribution in [0, 0.1) is 11.8 Å². The molecule has 0 bridgehead atoms. The summed E-state index contributed by atoms with van der Waals surface area (Å²) in [6, 6.07) is 0. The van der Waals surface area contributed by atoms with Crippen LogP contribution in [0.15, 0.2) is 0 Å². The molecule has 2 aliphatic heterocycles. The molecule has 2 saturated heterocycles. The molecule has 2 heterocycles. The summed E-state index contributed by atoms with van der Waals surface area (Å²) in [6.45, 7) is 3.48. The van der Waals surface area contributed by atoms with E-state index in [4.69, 9.17) is 9.84 Å². The minimum absolute atomic E-state index is 0.0336. The Hall–Kier alpha value is -1.10. The fourth-order valence-corrected chi connectivity index (χ4v) is 2.19. The summed E-state index contributed by atoms with van der Waals surface area (Å²) in [5.41, 5.74) is 0. The van der Waals surface area contributed by atoms with E-state index in [2.05, 4.69) is 0 Å². The molecule has 5 heteroatoms. The van der Waals surface area contributed by atoms with Crippen LogP contribution in [-0.4, -0.2) is 47.7 Å². The summed E-state index contributed by atoms with van der Waals surface area (Å²) in [5, 5.41) is 8.83. The van der Waals surface area contributed by atoms with Gasteiger partial charge in [-0.15, -0.1) is 0 Å². The number of aliphatic carboxylic acids is 1. The highest BCUT2D eigenvalue weighted by molar-refractivity contribution is 5.82. The molecule has 90 valence electrons. The second-order valence-electron chi connectivity index (χ2n) is 4.63. The van der Waals surface area contributed by atoms with Crippen molar-refractivity contribution in [2.24, 2.45) is 11.8 Å². The van der Waals surface area contributed by atoms with E-state index in [9.17, 15) is 9.59 Å². The maximum atomic E-state index is 11.8. The normalized spacial score (nSPS) is 27.6. The van der Waals surface area contributed by atoms with E-state index in [1.54, 1.807) is 11.8 Å². The van der Waals surface area contributed by atoms with E-state index >= 15 is 0 Å². The van der Waals surface area contributed by atoms with Crippen LogP contribution in [0.25, 0.3) is 0 Å². The van der Waals surface area contributed by atoms with Crippen LogP contribution in [-0.2, 0) is 14.3 Å². The van der Waals surface area contributed by atoms with Gasteiger partial charge in [-0.3, -0.25) is 9.59 Å². The number of hydrogen-bond acceptors (Lipinski definition) is 3. The summed E-state index contributed by atoms with van der Waals surface area (Å²) in [5.74, 6) is -1.02. The standard InChI is InChI=1S/C11H17NO4/c1-7(11(14)15)8-5-12(6-8)10(13)9-3-2-4-16-9/h7-9H,2-6H2,1H3,(H,14,15)/t7?,9-/m0/s1. The van der Waals surface area contributed by atoms with Gasteiger partial charge in [-0.25, -0.2) is 0 Å². The van der Waals surface area contributed by atoms with Crippen molar-refractivity contribution >= 4 is 11.9 Å². The first-order chi connectivity index (χ1) is 7.59. The van der Waals surface area contributed by atoms with E-state index in [-0.39, 0.29) is 23.8 Å². The summed E-state index contributed by atoms with van der Waals surface area (Å²) in [6.07, 6.45) is 1.47. The Kier molecular flexibility index (Phi) is 3.14. The molecule has 2 aliphatic rings. The predicted octanol–water partition coefficient (Wildman–Crippen LogP) is 0.344. The molecule has 1 unspecified atom stereocenters. The molecule has 2 rings (SSSR count). The van der Waals surface area contributed by atoms with Crippen molar-refractivity contribution in [1.82, 2.24) is 4.90 Å². The maximum absolute atomic E-state index is 11.8. The summed E-state index contributed by atoms with van der Waals surface area (Å²) in [4.78, 5) is 24.3. The van der Waals surface area contributed by atoms with E-state index in [0.29, 0.717) is 19.7 Å². The number of hydrogen-bond donors (Lipinski definition) is 1. The summed E-state index contributed by atoms with van der Waals surface area (Å²) in [7, 11) is 0. The first-order valence-electron chi connectivity index (χ1n) is 5.73. The largest absolute Gasteiger partial charge is 0.481 e. The lowest BCUT2D eigenvalue weighted by Gasteiger charge is -2.42. The van der Waals surface area contributed by atoms with Crippen molar-refractivity contribution < 1.29 is 19.4 Å². The zero-order valence-electron chi connectivity index (χ0n) is 9.39. The molecule has 0 aromatic carbocycles. The van der Waals surface area contributed by atoms with Crippen molar-refractivity contribution in [2.75, 3.05) is 19.7 Å². The number of carbonyl (C=O) groups is 2. The smallest absolute Gasteiger partial charge is 0.306 e. The highest BCUT2D eigenvalue weighted by Gasteiger charge is 2.40. The molecule has 0 aromatic rings. The molecule has 1 N–H and O–H groups in total. The highest BCUT2D eigenvalue weighted by Crippen LogP contribution is 2.26. The van der Waals surface area contributed by atoms with Crippen LogP contribution in [0.5, 0.6) is 0 Å². The second-order valence-corrected chi connectivity index (χ2v) is 4.63. The molecule has 0 aliphatic carbocycles. The van der Waals surface area contributed by atoms with Gasteiger partial charge in [0.15, 0.2) is 0 Å². The van der Waals surface area contributed by atoms with Crippen molar-refractivity contribution in [3.05, 3.63) is 0 Å². The third-order valence-electron chi connectivity index (χ3n) is 3.52. The number of carbonyl (C=O) groups excluding carboxylic acids is 1. The SMILES string of the molecule is CC(C(=O)O)C1CN(C(=O)[C@@H]2CCCO2)C1. The number of ether oxygens (including phenoxy) is 1. The molecule has 0 aromatic heterocycles. The molecule has 2 atom stereocenters. The van der Waals surface area contributed by atoms with Crippen LogP contribution in [0.3, 0.4) is 0 Å². The number of nitrogens with zero attached hydrogens (tertiary/aromatic N) is 1. The van der Waals surface area contributed by atoms with Gasteiger partial charge >= 0.3 is 5.97 Å². The minimum Gasteiger partial charge on any atom is -0.481 e. The molecule has 2 fully saturated rings. The summed E-state index contributed by atoms with van der Waals surface area (Å²) < 4.78 is 5.31. The Morgan fingerprint density at radius 1 is 1.44 bits per heavy atom. The second kappa shape index (κ2) is 4.41. The Labute approximate surface area is 94.4 Å². The highest BCUT2D eigenvalue weighted by atomic mass is 16.5. The third-order valence-corrected chi connectivity index (χ3v) is 3.52. The monoisotopic (exact) mass is 227 g/mol. The van der Waals surface area contributed by atoms with Gasteiger partial charge in [0.05, 0.1) is 5.92 Å². The molecule has 16 heavy (non-hydrogen) atoms. The van der Waals surface area contributed by atoms with Gasteiger partial charge in [0.25, 0.3) is 5.91 Å². The topological polar surface area (TPSA) is 66.8 Å². The first kappa shape index (κ1) is 11.4. The van der Waals surface area contributed by atoms with Crippen molar-refractivity contribution in [3.63, 3.8) is 0 Å². The van der Waals surface area contributed by atoms with E-state index in [1.165, 1.54) is 0 Å². The van der Waals surface area contributed by atoms with Crippen LogP contribution in [0.4, 0.5) is 0 Å². The van der Waals surface area contributed by atoms with Crippen molar-refractivity contribution in [2.45, 2.75) is 25.9 Å². The zero-order valence-corrected chi connectivity index (χ0v) is 9.39. The van der Waals surface area contributed by atoms with Crippen LogP contribution < -0.4 is 0 Å². The summed E-state index contributed by atoms with van der Waals surface area (Å²) >= 11 is 0.